The third kappa shape index (κ3) is 1.95. The molecule has 2 aromatic heterocycles. The molecule has 1 amide bonds. The highest BCUT2D eigenvalue weighted by atomic mass is 32.1. The van der Waals surface area contributed by atoms with E-state index >= 15 is 0 Å². The van der Waals surface area contributed by atoms with Crippen LogP contribution in [-0.4, -0.2) is 16.1 Å². The minimum absolute atomic E-state index is 0.0368. The predicted molar refractivity (Wildman–Crippen MR) is 70.8 cm³/mol. The van der Waals surface area contributed by atoms with Crippen LogP contribution in [0.3, 0.4) is 0 Å². The first kappa shape index (κ1) is 11.5. The molecule has 3 rings (SSSR count). The van der Waals surface area contributed by atoms with Gasteiger partial charge in [-0.2, -0.15) is 5.10 Å². The smallest absolute Gasteiger partial charge is 0.255 e. The molecule has 2 aromatic rings. The van der Waals surface area contributed by atoms with Crippen molar-refractivity contribution < 1.29 is 4.79 Å². The van der Waals surface area contributed by atoms with Crippen molar-refractivity contribution in [3.8, 4) is 0 Å². The molecule has 0 saturated heterocycles. The van der Waals surface area contributed by atoms with E-state index in [4.69, 9.17) is 0 Å². The number of aromatic nitrogens is 2. The van der Waals surface area contributed by atoms with Gasteiger partial charge < -0.3 is 5.32 Å². The molecule has 1 aliphatic carbocycles. The molecule has 1 atom stereocenters. The highest BCUT2D eigenvalue weighted by Crippen LogP contribution is 2.33. The fourth-order valence-corrected chi connectivity index (χ4v) is 3.44. The van der Waals surface area contributed by atoms with Gasteiger partial charge in [-0.3, -0.25) is 9.89 Å². The van der Waals surface area contributed by atoms with Crippen molar-refractivity contribution >= 4 is 17.2 Å². The average molecular weight is 261 g/mol. The van der Waals surface area contributed by atoms with E-state index in [-0.39, 0.29) is 11.9 Å². The van der Waals surface area contributed by atoms with E-state index in [1.807, 2.05) is 6.92 Å². The largest absolute Gasteiger partial charge is 0.345 e. The first-order valence-electron chi connectivity index (χ1n) is 6.13. The maximum Gasteiger partial charge on any atom is 0.255 e. The molecule has 1 unspecified atom stereocenters. The number of amides is 1. The van der Waals surface area contributed by atoms with Gasteiger partial charge in [0.2, 0.25) is 0 Å². The zero-order valence-electron chi connectivity index (χ0n) is 10.2. The Morgan fingerprint density at radius 1 is 1.61 bits per heavy atom. The van der Waals surface area contributed by atoms with Crippen LogP contribution in [0.25, 0.3) is 0 Å². The van der Waals surface area contributed by atoms with Crippen LogP contribution in [0.2, 0.25) is 0 Å². The third-order valence-electron chi connectivity index (χ3n) is 3.43. The molecule has 94 valence electrons. The zero-order chi connectivity index (χ0) is 12.5. The number of thiophene rings is 1. The predicted octanol–water partition coefficient (Wildman–Crippen LogP) is 2.59. The van der Waals surface area contributed by atoms with Gasteiger partial charge in [0.15, 0.2) is 0 Å². The van der Waals surface area contributed by atoms with E-state index < -0.39 is 0 Å². The molecule has 0 aliphatic heterocycles. The lowest BCUT2D eigenvalue weighted by molar-refractivity contribution is 0.0932. The van der Waals surface area contributed by atoms with Crippen LogP contribution in [0.5, 0.6) is 0 Å². The van der Waals surface area contributed by atoms with Crippen LogP contribution in [0.4, 0.5) is 0 Å². The summed E-state index contributed by atoms with van der Waals surface area (Å²) in [5, 5.41) is 11.9. The monoisotopic (exact) mass is 261 g/mol. The second kappa shape index (κ2) is 4.57. The first-order valence-corrected chi connectivity index (χ1v) is 7.01. The number of H-pyrrole nitrogens is 1. The molecular formula is C13H15N3OS. The lowest BCUT2D eigenvalue weighted by atomic mass is 9.94. The number of hydrogen-bond donors (Lipinski definition) is 2. The minimum atomic E-state index is -0.0368. The Labute approximate surface area is 109 Å². The Hall–Kier alpha value is -1.62. The Morgan fingerprint density at radius 2 is 2.50 bits per heavy atom. The summed E-state index contributed by atoms with van der Waals surface area (Å²) >= 11 is 1.79. The molecule has 4 nitrogen and oxygen atoms in total. The van der Waals surface area contributed by atoms with Gasteiger partial charge in [0.1, 0.15) is 0 Å². The minimum Gasteiger partial charge on any atom is -0.345 e. The molecule has 0 radical (unpaired) electrons. The molecule has 0 bridgehead atoms. The van der Waals surface area contributed by atoms with Crippen LogP contribution in [-0.2, 0) is 6.42 Å². The standard InChI is InChI=1S/C13H15N3OS/c1-8-10(7-14-16-8)13(17)15-11-3-2-4-12-9(11)5-6-18-12/h5-7,11H,2-4H2,1H3,(H,14,16)(H,15,17). The Morgan fingerprint density at radius 3 is 3.28 bits per heavy atom. The molecule has 1 aliphatic rings. The second-order valence-corrected chi connectivity index (χ2v) is 5.63. The van der Waals surface area contributed by atoms with Gasteiger partial charge in [0.25, 0.3) is 5.91 Å². The van der Waals surface area contributed by atoms with Crippen LogP contribution in [0.1, 0.15) is 45.4 Å². The van der Waals surface area contributed by atoms with Gasteiger partial charge in [0.05, 0.1) is 17.8 Å². The van der Waals surface area contributed by atoms with Crippen LogP contribution >= 0.6 is 11.3 Å². The van der Waals surface area contributed by atoms with Crippen LogP contribution in [0.15, 0.2) is 17.6 Å². The van der Waals surface area contributed by atoms with E-state index in [1.165, 1.54) is 10.4 Å². The van der Waals surface area contributed by atoms with E-state index in [0.29, 0.717) is 5.56 Å². The van der Waals surface area contributed by atoms with E-state index in [9.17, 15) is 4.79 Å². The quantitative estimate of drug-likeness (QED) is 0.873. The summed E-state index contributed by atoms with van der Waals surface area (Å²) in [5.41, 5.74) is 2.74. The number of hydrogen-bond acceptors (Lipinski definition) is 3. The van der Waals surface area contributed by atoms with E-state index in [2.05, 4.69) is 27.0 Å². The Bertz CT molecular complexity index is 572. The lowest BCUT2D eigenvalue weighted by Gasteiger charge is -2.23. The topological polar surface area (TPSA) is 57.8 Å². The number of nitrogens with zero attached hydrogens (tertiary/aromatic N) is 1. The third-order valence-corrected chi connectivity index (χ3v) is 4.43. The normalized spacial score (nSPS) is 18.4. The number of carbonyl (C=O) groups is 1. The number of aryl methyl sites for hydroxylation is 2. The number of fused-ring (bicyclic) bond motifs is 1. The zero-order valence-corrected chi connectivity index (χ0v) is 11.0. The van der Waals surface area contributed by atoms with Crippen molar-refractivity contribution in [2.75, 3.05) is 0 Å². The summed E-state index contributed by atoms with van der Waals surface area (Å²) in [5.74, 6) is -0.0368. The first-order chi connectivity index (χ1) is 8.75. The SMILES string of the molecule is Cc1[nH]ncc1C(=O)NC1CCCc2sccc21. The fourth-order valence-electron chi connectivity index (χ4n) is 2.45. The molecule has 2 N–H and O–H groups in total. The summed E-state index contributed by atoms with van der Waals surface area (Å²) in [7, 11) is 0. The molecule has 18 heavy (non-hydrogen) atoms. The summed E-state index contributed by atoms with van der Waals surface area (Å²) in [4.78, 5) is 13.6. The number of rotatable bonds is 2. The van der Waals surface area contributed by atoms with E-state index in [1.54, 1.807) is 17.5 Å². The van der Waals surface area contributed by atoms with E-state index in [0.717, 1.165) is 25.0 Å². The Kier molecular flexibility index (Phi) is 2.91. The molecule has 5 heteroatoms. The number of aromatic amines is 1. The van der Waals surface area contributed by atoms with Crippen molar-refractivity contribution in [3.05, 3.63) is 39.3 Å². The molecule has 0 aromatic carbocycles. The van der Waals surface area contributed by atoms with Crippen molar-refractivity contribution in [1.82, 2.24) is 15.5 Å². The van der Waals surface area contributed by atoms with Gasteiger partial charge in [0, 0.05) is 10.6 Å². The van der Waals surface area contributed by atoms with Crippen LogP contribution < -0.4 is 5.32 Å². The van der Waals surface area contributed by atoms with Crippen molar-refractivity contribution in [1.29, 1.82) is 0 Å². The maximum absolute atomic E-state index is 12.2. The van der Waals surface area contributed by atoms with Gasteiger partial charge in [-0.05, 0) is 43.2 Å². The van der Waals surface area contributed by atoms with Crippen molar-refractivity contribution in [2.24, 2.45) is 0 Å². The van der Waals surface area contributed by atoms with Crippen molar-refractivity contribution in [2.45, 2.75) is 32.2 Å². The second-order valence-electron chi connectivity index (χ2n) is 4.63. The molecule has 2 heterocycles. The molecule has 0 fully saturated rings. The molecule has 0 spiro atoms. The summed E-state index contributed by atoms with van der Waals surface area (Å²) in [6.45, 7) is 1.86. The summed E-state index contributed by atoms with van der Waals surface area (Å²) in [6.07, 6.45) is 4.89. The van der Waals surface area contributed by atoms with Crippen LogP contribution in [0, 0.1) is 6.92 Å². The number of carbonyl (C=O) groups excluding carboxylic acids is 1. The van der Waals surface area contributed by atoms with Gasteiger partial charge >= 0.3 is 0 Å². The number of nitrogens with one attached hydrogen (secondary N) is 2. The molecule has 0 saturated carbocycles. The van der Waals surface area contributed by atoms with Crippen molar-refractivity contribution in [3.63, 3.8) is 0 Å². The fraction of sp³-hybridized carbons (Fsp3) is 0.385. The van der Waals surface area contributed by atoms with Gasteiger partial charge in [-0.15, -0.1) is 11.3 Å². The van der Waals surface area contributed by atoms with Gasteiger partial charge in [-0.1, -0.05) is 0 Å². The summed E-state index contributed by atoms with van der Waals surface area (Å²) < 4.78 is 0. The Balaban J connectivity index is 1.79. The molecular weight excluding hydrogens is 246 g/mol. The summed E-state index contributed by atoms with van der Waals surface area (Å²) in [6, 6.07) is 2.29. The van der Waals surface area contributed by atoms with Gasteiger partial charge in [-0.25, -0.2) is 0 Å². The lowest BCUT2D eigenvalue weighted by Crippen LogP contribution is -2.30. The highest BCUT2D eigenvalue weighted by Gasteiger charge is 2.23. The maximum atomic E-state index is 12.2. The highest BCUT2D eigenvalue weighted by molar-refractivity contribution is 7.10. The average Bonchev–Trinajstić information content (AvgIpc) is 2.97.